The summed E-state index contributed by atoms with van der Waals surface area (Å²) in [6.45, 7) is 9.66. The molecule has 27 heavy (non-hydrogen) atoms. The Morgan fingerprint density at radius 3 is 2.56 bits per heavy atom. The van der Waals surface area contributed by atoms with E-state index in [1.54, 1.807) is 6.08 Å². The van der Waals surface area contributed by atoms with Gasteiger partial charge in [-0.05, 0) is 49.0 Å². The number of fused-ring (bicyclic) bond motifs is 3. The Labute approximate surface area is 162 Å². The molecule has 152 valence electrons. The number of allylic oxidation sites excluding steroid dienone is 1. The van der Waals surface area contributed by atoms with Crippen molar-refractivity contribution >= 4 is 11.8 Å². The molecule has 0 aromatic heterocycles. The molecule has 0 saturated heterocycles. The Morgan fingerprint density at radius 2 is 2.00 bits per heavy atom. The summed E-state index contributed by atoms with van der Waals surface area (Å²) in [5, 5.41) is 21.1. The van der Waals surface area contributed by atoms with Crippen LogP contribution in [0.2, 0.25) is 0 Å². The zero-order chi connectivity index (χ0) is 20.1. The molecule has 0 aromatic carbocycles. The molecule has 3 rings (SSSR count). The first-order chi connectivity index (χ1) is 12.5. The molecule has 0 bridgehead atoms. The molecule has 0 amide bonds. The van der Waals surface area contributed by atoms with Gasteiger partial charge in [0.25, 0.3) is 0 Å². The molecule has 2 N–H and O–H groups in total. The normalized spacial score (nSPS) is 44.4. The van der Waals surface area contributed by atoms with Crippen LogP contribution in [0.25, 0.3) is 0 Å². The summed E-state index contributed by atoms with van der Waals surface area (Å²) >= 11 is 0. The van der Waals surface area contributed by atoms with E-state index in [0.717, 1.165) is 12.0 Å². The molecule has 2 fully saturated rings. The summed E-state index contributed by atoms with van der Waals surface area (Å²) in [6.07, 6.45) is 3.48. The summed E-state index contributed by atoms with van der Waals surface area (Å²) in [4.78, 5) is 24.6. The van der Waals surface area contributed by atoms with Crippen molar-refractivity contribution < 1.29 is 24.5 Å². The van der Waals surface area contributed by atoms with Crippen LogP contribution >= 0.6 is 0 Å². The minimum atomic E-state index is -0.539. The molecule has 0 spiro atoms. The minimum Gasteiger partial charge on any atom is -0.462 e. The van der Waals surface area contributed by atoms with E-state index in [0.29, 0.717) is 19.3 Å². The number of hydrogen-bond donors (Lipinski definition) is 2. The van der Waals surface area contributed by atoms with Crippen LogP contribution in [0.1, 0.15) is 60.3 Å². The van der Waals surface area contributed by atoms with Gasteiger partial charge in [0.2, 0.25) is 0 Å². The zero-order valence-corrected chi connectivity index (χ0v) is 17.2. The number of esters is 1. The fourth-order valence-electron chi connectivity index (χ4n) is 6.18. The molecule has 5 nitrogen and oxygen atoms in total. The van der Waals surface area contributed by atoms with E-state index in [-0.39, 0.29) is 53.6 Å². The number of ketones is 1. The van der Waals surface area contributed by atoms with Crippen molar-refractivity contribution in [3.8, 4) is 0 Å². The average Bonchev–Trinajstić information content (AvgIpc) is 2.59. The lowest BCUT2D eigenvalue weighted by atomic mass is 9.45. The third-order valence-electron chi connectivity index (χ3n) is 7.82. The first kappa shape index (κ1) is 20.5. The molecule has 5 heteroatoms. The van der Waals surface area contributed by atoms with Gasteiger partial charge in [-0.25, -0.2) is 0 Å². The fraction of sp³-hybridized carbons (Fsp3) is 0.818. The van der Waals surface area contributed by atoms with E-state index in [1.807, 2.05) is 13.8 Å². The molecule has 0 radical (unpaired) electrons. The molecular formula is C22H34O5. The van der Waals surface area contributed by atoms with Crippen LogP contribution in [0.4, 0.5) is 0 Å². The lowest BCUT2D eigenvalue weighted by molar-refractivity contribution is -0.179. The summed E-state index contributed by atoms with van der Waals surface area (Å²) in [5.41, 5.74) is 0.0257. The molecule has 0 aliphatic heterocycles. The van der Waals surface area contributed by atoms with Crippen molar-refractivity contribution in [2.75, 3.05) is 6.61 Å². The van der Waals surface area contributed by atoms with Crippen LogP contribution in [-0.2, 0) is 14.3 Å². The van der Waals surface area contributed by atoms with Crippen LogP contribution in [-0.4, -0.2) is 40.8 Å². The quantitative estimate of drug-likeness (QED) is 0.738. The smallest absolute Gasteiger partial charge is 0.302 e. The molecule has 3 aliphatic rings. The van der Waals surface area contributed by atoms with Gasteiger partial charge in [-0.15, -0.1) is 0 Å². The second-order valence-corrected chi connectivity index (χ2v) is 9.78. The Balaban J connectivity index is 2.11. The molecule has 2 saturated carbocycles. The van der Waals surface area contributed by atoms with Gasteiger partial charge < -0.3 is 14.9 Å². The van der Waals surface area contributed by atoms with Gasteiger partial charge in [0.05, 0.1) is 6.10 Å². The Bertz CT molecular complexity index is 653. The monoisotopic (exact) mass is 378 g/mol. The molecule has 3 aliphatic carbocycles. The number of aliphatic hydroxyl groups is 2. The van der Waals surface area contributed by atoms with Crippen molar-refractivity contribution in [3.63, 3.8) is 0 Å². The van der Waals surface area contributed by atoms with Crippen LogP contribution in [0.3, 0.4) is 0 Å². The SMILES string of the molecule is CC(=O)OC1CCC(C)(CO)C2CC(O)C3CC(C(C)C)C(=O)C=C3C12C. The molecule has 0 heterocycles. The molecule has 7 atom stereocenters. The maximum absolute atomic E-state index is 12.9. The number of hydrogen-bond acceptors (Lipinski definition) is 5. The first-order valence-electron chi connectivity index (χ1n) is 10.3. The maximum atomic E-state index is 12.9. The summed E-state index contributed by atoms with van der Waals surface area (Å²) < 4.78 is 5.74. The second-order valence-electron chi connectivity index (χ2n) is 9.78. The predicted octanol–water partition coefficient (Wildman–Crippen LogP) is 2.89. The van der Waals surface area contributed by atoms with Crippen molar-refractivity contribution in [2.45, 2.75) is 72.5 Å². The van der Waals surface area contributed by atoms with Crippen molar-refractivity contribution in [1.29, 1.82) is 0 Å². The highest BCUT2D eigenvalue weighted by Gasteiger charge is 2.62. The molecule has 7 unspecified atom stereocenters. The van der Waals surface area contributed by atoms with Gasteiger partial charge in [-0.1, -0.05) is 33.3 Å². The van der Waals surface area contributed by atoms with E-state index >= 15 is 0 Å². The topological polar surface area (TPSA) is 83.8 Å². The maximum Gasteiger partial charge on any atom is 0.302 e. The first-order valence-corrected chi connectivity index (χ1v) is 10.3. The minimum absolute atomic E-state index is 0.0211. The van der Waals surface area contributed by atoms with Crippen LogP contribution in [0.15, 0.2) is 11.6 Å². The van der Waals surface area contributed by atoms with Crippen molar-refractivity contribution in [2.24, 2.45) is 34.5 Å². The number of rotatable bonds is 3. The van der Waals surface area contributed by atoms with Gasteiger partial charge in [0.1, 0.15) is 6.10 Å². The van der Waals surface area contributed by atoms with E-state index in [9.17, 15) is 19.8 Å². The van der Waals surface area contributed by atoms with Gasteiger partial charge >= 0.3 is 5.97 Å². The number of aliphatic hydroxyl groups excluding tert-OH is 2. The van der Waals surface area contributed by atoms with Crippen molar-refractivity contribution in [1.82, 2.24) is 0 Å². The highest BCUT2D eigenvalue weighted by atomic mass is 16.5. The van der Waals surface area contributed by atoms with Gasteiger partial charge in [0.15, 0.2) is 5.78 Å². The third kappa shape index (κ3) is 3.17. The molecular weight excluding hydrogens is 344 g/mol. The van der Waals surface area contributed by atoms with Crippen LogP contribution in [0.5, 0.6) is 0 Å². The van der Waals surface area contributed by atoms with Gasteiger partial charge in [-0.3, -0.25) is 9.59 Å². The van der Waals surface area contributed by atoms with E-state index < -0.39 is 11.5 Å². The van der Waals surface area contributed by atoms with E-state index in [1.165, 1.54) is 6.92 Å². The van der Waals surface area contributed by atoms with Crippen LogP contribution < -0.4 is 0 Å². The van der Waals surface area contributed by atoms with Crippen molar-refractivity contribution in [3.05, 3.63) is 11.6 Å². The lowest BCUT2D eigenvalue weighted by Gasteiger charge is -2.61. The Morgan fingerprint density at radius 1 is 1.33 bits per heavy atom. The highest BCUT2D eigenvalue weighted by Crippen LogP contribution is 2.63. The van der Waals surface area contributed by atoms with E-state index in [2.05, 4.69) is 13.8 Å². The fourth-order valence-corrected chi connectivity index (χ4v) is 6.18. The summed E-state index contributed by atoms with van der Waals surface area (Å²) in [5.74, 6) is -0.189. The number of carbonyl (C=O) groups is 2. The Kier molecular flexibility index (Phi) is 5.32. The predicted molar refractivity (Wildman–Crippen MR) is 102 cm³/mol. The largest absolute Gasteiger partial charge is 0.462 e. The van der Waals surface area contributed by atoms with Gasteiger partial charge in [-0.2, -0.15) is 0 Å². The highest BCUT2D eigenvalue weighted by molar-refractivity contribution is 5.94. The number of carbonyl (C=O) groups excluding carboxylic acids is 2. The van der Waals surface area contributed by atoms with Crippen LogP contribution in [0, 0.1) is 34.5 Å². The van der Waals surface area contributed by atoms with Gasteiger partial charge in [0, 0.05) is 30.8 Å². The lowest BCUT2D eigenvalue weighted by Crippen LogP contribution is -2.61. The Hall–Kier alpha value is -1.20. The second kappa shape index (κ2) is 7.00. The average molecular weight is 379 g/mol. The summed E-state index contributed by atoms with van der Waals surface area (Å²) in [6, 6.07) is 0. The molecule has 0 aromatic rings. The summed E-state index contributed by atoms with van der Waals surface area (Å²) in [7, 11) is 0. The number of ether oxygens (including phenoxy) is 1. The standard InChI is InChI=1S/C22H34O5/c1-12(2)14-8-15-16(9-17(14)25)22(5)19(10-18(15)26)21(4,11-23)7-6-20(22)27-13(3)24/h9,12,14-15,18-20,23,26H,6-8,10-11H2,1-5H3. The zero-order valence-electron chi connectivity index (χ0n) is 17.2. The van der Waals surface area contributed by atoms with E-state index in [4.69, 9.17) is 4.74 Å². The third-order valence-corrected chi connectivity index (χ3v) is 7.82.